The standard InChI is InChI=1S/C42H34Cl2F3N7O10/c1-50(2)35-31(53(60)61)16-24(17-32(35)54(62)63)51-37(56)27-12-11-26-28(33(27)39(51)58)18-29-38(57)52(49-36-30(44)15-22(19-48-36)42(45,46)47)40(59)41(29,21-5-7-23(43)8-6-21)34(26)20-3-9-25(10-4-20)64-14-13-55/h3-11,15-17,19,27-29,33-34,55H,12-14,18H2,1-2H3,(H,48,49)/t27-,28+,29-,33-,34-,41+/m0/s1. The molecule has 0 radical (unpaired) electrons. The molecule has 2 aliphatic carbocycles. The number of halogens is 5. The van der Waals surface area contributed by atoms with Crippen molar-refractivity contribution < 1.29 is 52.0 Å². The number of nitrogens with one attached hydrogen (secondary N) is 1. The molecule has 332 valence electrons. The first kappa shape index (κ1) is 44.0. The van der Waals surface area contributed by atoms with Crippen LogP contribution in [0.4, 0.5) is 41.7 Å². The fraction of sp³-hybridized carbons (Fsp3) is 0.310. The summed E-state index contributed by atoms with van der Waals surface area (Å²) in [6.45, 7) is -0.328. The molecule has 17 nitrogen and oxygen atoms in total. The van der Waals surface area contributed by atoms with Crippen LogP contribution in [0.15, 0.2) is 84.6 Å². The van der Waals surface area contributed by atoms with E-state index >= 15 is 4.79 Å². The smallest absolute Gasteiger partial charge is 0.417 e. The maximum atomic E-state index is 15.4. The maximum Gasteiger partial charge on any atom is 0.417 e. The summed E-state index contributed by atoms with van der Waals surface area (Å²) in [4.78, 5) is 88.1. The van der Waals surface area contributed by atoms with Gasteiger partial charge in [0.1, 0.15) is 12.4 Å². The highest BCUT2D eigenvalue weighted by atomic mass is 35.5. The van der Waals surface area contributed by atoms with Crippen LogP contribution in [0.5, 0.6) is 5.75 Å². The molecule has 0 bridgehead atoms. The molecule has 3 heterocycles. The van der Waals surface area contributed by atoms with Crippen molar-refractivity contribution in [2.24, 2.45) is 23.7 Å². The molecule has 4 aromatic rings. The zero-order valence-corrected chi connectivity index (χ0v) is 34.9. The Hall–Kier alpha value is -6.64. The van der Waals surface area contributed by atoms with Gasteiger partial charge in [0, 0.05) is 43.4 Å². The summed E-state index contributed by atoms with van der Waals surface area (Å²) in [5.74, 6) is -9.19. The Kier molecular flexibility index (Phi) is 11.1. The second-order valence-corrected chi connectivity index (χ2v) is 16.7. The van der Waals surface area contributed by atoms with Gasteiger partial charge in [-0.15, -0.1) is 0 Å². The number of nitrogens with zero attached hydrogens (tertiary/aromatic N) is 6. The number of hydrogen-bond donors (Lipinski definition) is 2. The normalized spacial score (nSPS) is 23.9. The highest BCUT2D eigenvalue weighted by Crippen LogP contribution is 2.64. The molecule has 4 amide bonds. The number of fused-ring (bicyclic) bond motifs is 4. The average Bonchev–Trinajstić information content (AvgIpc) is 3.63. The van der Waals surface area contributed by atoms with Crippen molar-refractivity contribution in [3.63, 3.8) is 0 Å². The van der Waals surface area contributed by atoms with Gasteiger partial charge in [-0.2, -0.15) is 18.2 Å². The van der Waals surface area contributed by atoms with Crippen LogP contribution in [0.1, 0.15) is 35.4 Å². The van der Waals surface area contributed by atoms with Crippen molar-refractivity contribution in [2.45, 2.75) is 30.4 Å². The molecule has 2 saturated heterocycles. The molecule has 22 heteroatoms. The fourth-order valence-corrected chi connectivity index (χ4v) is 10.1. The van der Waals surface area contributed by atoms with E-state index < -0.39 is 108 Å². The highest BCUT2D eigenvalue weighted by Gasteiger charge is 2.70. The number of benzene rings is 3. The lowest BCUT2D eigenvalue weighted by Crippen LogP contribution is -2.53. The van der Waals surface area contributed by atoms with Crippen molar-refractivity contribution in [2.75, 3.05) is 42.5 Å². The van der Waals surface area contributed by atoms with E-state index in [2.05, 4.69) is 10.4 Å². The van der Waals surface area contributed by atoms with E-state index in [0.717, 1.165) is 12.1 Å². The number of nitro groups is 2. The quantitative estimate of drug-likeness (QED) is 0.0682. The number of aliphatic hydroxyl groups excluding tert-OH is 1. The van der Waals surface area contributed by atoms with Crippen molar-refractivity contribution in [1.29, 1.82) is 0 Å². The van der Waals surface area contributed by atoms with E-state index in [4.69, 9.17) is 27.9 Å². The first-order chi connectivity index (χ1) is 30.3. The molecule has 1 saturated carbocycles. The molecule has 0 spiro atoms. The van der Waals surface area contributed by atoms with E-state index in [-0.39, 0.29) is 36.8 Å². The van der Waals surface area contributed by atoms with E-state index in [9.17, 15) is 52.9 Å². The number of amides is 4. The third-order valence-corrected chi connectivity index (χ3v) is 12.8. The Morgan fingerprint density at radius 2 is 1.58 bits per heavy atom. The Bertz CT molecular complexity index is 2650. The monoisotopic (exact) mass is 923 g/mol. The molecule has 0 unspecified atom stereocenters. The second-order valence-electron chi connectivity index (χ2n) is 15.8. The van der Waals surface area contributed by atoms with Gasteiger partial charge >= 0.3 is 17.6 Å². The zero-order chi connectivity index (χ0) is 46.2. The molecule has 3 aromatic carbocycles. The highest BCUT2D eigenvalue weighted by molar-refractivity contribution is 6.33. The Balaban J connectivity index is 1.29. The molecule has 2 aliphatic heterocycles. The van der Waals surface area contributed by atoms with Crippen LogP contribution in [0.3, 0.4) is 0 Å². The number of carbonyl (C=O) groups excluding carboxylic acids is 4. The molecular formula is C42H34Cl2F3N7O10. The molecule has 8 rings (SSSR count). The molecule has 6 atom stereocenters. The minimum atomic E-state index is -4.82. The van der Waals surface area contributed by atoms with Gasteiger partial charge in [0.15, 0.2) is 11.5 Å². The van der Waals surface area contributed by atoms with Crippen LogP contribution in [0, 0.1) is 43.9 Å². The van der Waals surface area contributed by atoms with Crippen LogP contribution in [0.2, 0.25) is 10.0 Å². The fourth-order valence-electron chi connectivity index (χ4n) is 9.79. The van der Waals surface area contributed by atoms with Crippen LogP contribution in [0.25, 0.3) is 0 Å². The number of alkyl halides is 3. The lowest BCUT2D eigenvalue weighted by atomic mass is 9.49. The summed E-state index contributed by atoms with van der Waals surface area (Å²) in [5, 5.41) is 34.3. The Morgan fingerprint density at radius 3 is 2.14 bits per heavy atom. The van der Waals surface area contributed by atoms with Gasteiger partial charge < -0.3 is 14.7 Å². The lowest BCUT2D eigenvalue weighted by molar-refractivity contribution is -0.392. The molecule has 4 aliphatic rings. The Morgan fingerprint density at radius 1 is 0.938 bits per heavy atom. The topological polar surface area (TPSA) is 219 Å². The van der Waals surface area contributed by atoms with Crippen LogP contribution < -0.4 is 20.0 Å². The number of imide groups is 2. The van der Waals surface area contributed by atoms with E-state index in [1.165, 1.54) is 31.1 Å². The summed E-state index contributed by atoms with van der Waals surface area (Å²) in [5.41, 5.74) is -1.49. The maximum absolute atomic E-state index is 15.4. The zero-order valence-electron chi connectivity index (χ0n) is 33.4. The first-order valence-corrected chi connectivity index (χ1v) is 20.3. The van der Waals surface area contributed by atoms with Gasteiger partial charge in [-0.3, -0.25) is 44.8 Å². The number of allylic oxidation sites excluding steroid dienone is 2. The number of rotatable bonds is 11. The lowest BCUT2D eigenvalue weighted by Gasteiger charge is -2.50. The van der Waals surface area contributed by atoms with Crippen molar-refractivity contribution in [3.05, 3.63) is 132 Å². The molecule has 3 fully saturated rings. The largest absolute Gasteiger partial charge is 0.491 e. The third kappa shape index (κ3) is 6.96. The van der Waals surface area contributed by atoms with Crippen molar-refractivity contribution in [3.8, 4) is 5.75 Å². The number of aromatic nitrogens is 1. The number of pyridine rings is 1. The average molecular weight is 925 g/mol. The molecule has 2 N–H and O–H groups in total. The summed E-state index contributed by atoms with van der Waals surface area (Å²) in [6.07, 6.45) is -2.94. The van der Waals surface area contributed by atoms with Crippen LogP contribution in [-0.4, -0.2) is 75.9 Å². The second kappa shape index (κ2) is 16.2. The summed E-state index contributed by atoms with van der Waals surface area (Å²) < 4.78 is 46.3. The van der Waals surface area contributed by atoms with Gasteiger partial charge in [-0.1, -0.05) is 59.1 Å². The number of hydrazine groups is 1. The van der Waals surface area contributed by atoms with Gasteiger partial charge in [-0.25, -0.2) is 9.88 Å². The minimum absolute atomic E-state index is 0.0408. The molecule has 1 aromatic heterocycles. The van der Waals surface area contributed by atoms with Gasteiger partial charge in [0.2, 0.25) is 11.8 Å². The predicted octanol–water partition coefficient (Wildman–Crippen LogP) is 6.85. The summed E-state index contributed by atoms with van der Waals surface area (Å²) in [6, 6.07) is 15.0. The third-order valence-electron chi connectivity index (χ3n) is 12.3. The number of nitro benzene ring substituents is 2. The Labute approximate surface area is 370 Å². The number of carbonyl (C=O) groups is 4. The molecular weight excluding hydrogens is 890 g/mol. The van der Waals surface area contributed by atoms with Crippen molar-refractivity contribution >= 4 is 75.4 Å². The SMILES string of the molecule is CN(C)c1c([N+](=O)[O-])cc(N2C(=O)[C@H]3[C@H](CC=C4[C@H]3C[C@H]3C(=O)N(Nc5ncc(C(F)(F)F)cc5Cl)C(=O)[C@@]3(c3ccc(Cl)cc3)[C@H]4c3ccc(OCCO)cc3)C2=O)cc1[N+](=O)[O-]. The number of aliphatic hydroxyl groups is 1. The van der Waals surface area contributed by atoms with Gasteiger partial charge in [0.05, 0.1) is 55.9 Å². The van der Waals surface area contributed by atoms with E-state index in [1.54, 1.807) is 42.5 Å². The number of ether oxygens (including phenoxy) is 1. The van der Waals surface area contributed by atoms with Crippen LogP contribution >= 0.6 is 23.2 Å². The van der Waals surface area contributed by atoms with E-state index in [1.807, 2.05) is 0 Å². The van der Waals surface area contributed by atoms with Crippen LogP contribution in [-0.2, 0) is 30.8 Å². The minimum Gasteiger partial charge on any atom is -0.491 e. The summed E-state index contributed by atoms with van der Waals surface area (Å²) >= 11 is 12.6. The number of hydrogen-bond acceptors (Lipinski definition) is 13. The first-order valence-electron chi connectivity index (χ1n) is 19.5. The predicted molar refractivity (Wildman–Crippen MR) is 222 cm³/mol. The van der Waals surface area contributed by atoms with Crippen molar-refractivity contribution in [1.82, 2.24) is 9.99 Å². The molecule has 64 heavy (non-hydrogen) atoms. The van der Waals surface area contributed by atoms with Gasteiger partial charge in [-0.05, 0) is 60.2 Å². The van der Waals surface area contributed by atoms with Gasteiger partial charge in [0.25, 0.3) is 11.8 Å². The summed E-state index contributed by atoms with van der Waals surface area (Å²) in [7, 11) is 2.73. The number of anilines is 3. The van der Waals surface area contributed by atoms with E-state index in [0.29, 0.717) is 44.6 Å².